The smallest absolute Gasteiger partial charge is 0.350 e. The van der Waals surface area contributed by atoms with Gasteiger partial charge in [0.25, 0.3) is 5.91 Å². The van der Waals surface area contributed by atoms with E-state index in [1.165, 1.54) is 12.0 Å². The van der Waals surface area contributed by atoms with Crippen LogP contribution in [0.5, 0.6) is 5.75 Å². The summed E-state index contributed by atoms with van der Waals surface area (Å²) < 4.78 is 10.3. The summed E-state index contributed by atoms with van der Waals surface area (Å²) in [4.78, 5) is 58.5. The molecule has 35 heavy (non-hydrogen) atoms. The molecule has 0 radical (unpaired) electrons. The number of hydrogen-bond acceptors (Lipinski definition) is 8. The van der Waals surface area contributed by atoms with Crippen LogP contribution in [0.15, 0.2) is 48.5 Å². The first-order valence-electron chi connectivity index (χ1n) is 11.0. The summed E-state index contributed by atoms with van der Waals surface area (Å²) >= 11 is 0.966. The molecule has 180 valence electrons. The fourth-order valence-electron chi connectivity index (χ4n) is 4.21. The van der Waals surface area contributed by atoms with Crippen molar-refractivity contribution in [3.05, 3.63) is 75.8 Å². The van der Waals surface area contributed by atoms with Crippen molar-refractivity contribution >= 4 is 39.9 Å². The van der Waals surface area contributed by atoms with Crippen LogP contribution < -0.4 is 9.64 Å². The largest absolute Gasteiger partial charge is 0.497 e. The van der Waals surface area contributed by atoms with Gasteiger partial charge in [-0.15, -0.1) is 0 Å². The van der Waals surface area contributed by atoms with Gasteiger partial charge >= 0.3 is 5.97 Å². The van der Waals surface area contributed by atoms with E-state index < -0.39 is 35.4 Å². The highest BCUT2D eigenvalue weighted by molar-refractivity contribution is 7.17. The SMILES string of the molecule is CCOC(=O)c1sc(N2C(=O)C(=O)C(C(=O)c3ccc(OC)cc3C)C2c2ccccc2)nc1C. The highest BCUT2D eigenvalue weighted by Crippen LogP contribution is 2.43. The molecule has 0 aliphatic carbocycles. The molecule has 9 heteroatoms. The van der Waals surface area contributed by atoms with Crippen LogP contribution in [0.1, 0.15) is 49.8 Å². The molecule has 0 saturated carbocycles. The molecule has 2 unspecified atom stereocenters. The average Bonchev–Trinajstić information content (AvgIpc) is 3.36. The maximum absolute atomic E-state index is 13.7. The van der Waals surface area contributed by atoms with E-state index in [-0.39, 0.29) is 16.6 Å². The molecule has 3 aromatic rings. The summed E-state index contributed by atoms with van der Waals surface area (Å²) in [6.45, 7) is 5.27. The number of anilines is 1. The van der Waals surface area contributed by atoms with Gasteiger partial charge in [0.1, 0.15) is 16.5 Å². The number of ether oxygens (including phenoxy) is 2. The van der Waals surface area contributed by atoms with Gasteiger partial charge in [0, 0.05) is 5.56 Å². The van der Waals surface area contributed by atoms with Crippen molar-refractivity contribution in [1.82, 2.24) is 4.98 Å². The molecule has 1 aliphatic rings. The van der Waals surface area contributed by atoms with Crippen LogP contribution in [0.25, 0.3) is 0 Å². The number of rotatable bonds is 7. The van der Waals surface area contributed by atoms with E-state index in [1.54, 1.807) is 63.2 Å². The summed E-state index contributed by atoms with van der Waals surface area (Å²) in [5, 5.41) is 0.166. The van der Waals surface area contributed by atoms with E-state index in [4.69, 9.17) is 9.47 Å². The fraction of sp³-hybridized carbons (Fsp3) is 0.269. The molecule has 2 aromatic carbocycles. The zero-order chi connectivity index (χ0) is 25.3. The predicted octanol–water partition coefficient (Wildman–Crippen LogP) is 4.10. The second-order valence-electron chi connectivity index (χ2n) is 8.05. The van der Waals surface area contributed by atoms with Gasteiger partial charge in [-0.05, 0) is 50.1 Å². The molecule has 0 bridgehead atoms. The van der Waals surface area contributed by atoms with Crippen molar-refractivity contribution in [2.24, 2.45) is 5.92 Å². The summed E-state index contributed by atoms with van der Waals surface area (Å²) in [5.74, 6) is -3.36. The lowest BCUT2D eigenvalue weighted by Crippen LogP contribution is -2.30. The molecule has 1 saturated heterocycles. The zero-order valence-electron chi connectivity index (χ0n) is 19.7. The molecular formula is C26H24N2O6S. The van der Waals surface area contributed by atoms with Crippen LogP contribution in [-0.2, 0) is 14.3 Å². The number of nitrogens with zero attached hydrogens (tertiary/aromatic N) is 2. The number of hydrogen-bond donors (Lipinski definition) is 0. The molecule has 1 aliphatic heterocycles. The van der Waals surface area contributed by atoms with Gasteiger partial charge in [0.05, 0.1) is 25.5 Å². The van der Waals surface area contributed by atoms with Crippen molar-refractivity contribution in [2.45, 2.75) is 26.8 Å². The molecule has 1 aromatic heterocycles. The van der Waals surface area contributed by atoms with E-state index in [1.807, 2.05) is 6.07 Å². The Labute approximate surface area is 206 Å². The Morgan fingerprint density at radius 2 is 1.80 bits per heavy atom. The van der Waals surface area contributed by atoms with Crippen molar-refractivity contribution in [1.29, 1.82) is 0 Å². The monoisotopic (exact) mass is 492 g/mol. The molecule has 2 atom stereocenters. The number of aromatic nitrogens is 1. The first-order chi connectivity index (χ1) is 16.8. The normalized spacial score (nSPS) is 17.5. The number of esters is 1. The number of thiazole rings is 1. The lowest BCUT2D eigenvalue weighted by molar-refractivity contribution is -0.135. The third-order valence-corrected chi connectivity index (χ3v) is 7.02. The van der Waals surface area contributed by atoms with Crippen LogP contribution in [0.4, 0.5) is 5.13 Å². The van der Waals surface area contributed by atoms with Crippen molar-refractivity contribution in [3.63, 3.8) is 0 Å². The van der Waals surface area contributed by atoms with Crippen LogP contribution in [-0.4, -0.2) is 42.1 Å². The number of ketones is 2. The molecule has 0 spiro atoms. The minimum absolute atomic E-state index is 0.166. The first-order valence-corrected chi connectivity index (χ1v) is 11.9. The average molecular weight is 493 g/mol. The van der Waals surface area contributed by atoms with Crippen molar-refractivity contribution < 1.29 is 28.7 Å². The fourth-order valence-corrected chi connectivity index (χ4v) is 5.20. The molecule has 1 fully saturated rings. The second-order valence-corrected chi connectivity index (χ2v) is 9.03. The number of amides is 1. The van der Waals surface area contributed by atoms with E-state index in [9.17, 15) is 19.2 Å². The Bertz CT molecular complexity index is 1320. The van der Waals surface area contributed by atoms with Crippen molar-refractivity contribution in [3.8, 4) is 5.75 Å². The van der Waals surface area contributed by atoms with Gasteiger partial charge in [-0.1, -0.05) is 41.7 Å². The summed E-state index contributed by atoms with van der Waals surface area (Å²) in [6.07, 6.45) is 0. The lowest BCUT2D eigenvalue weighted by Gasteiger charge is -2.25. The summed E-state index contributed by atoms with van der Waals surface area (Å²) in [7, 11) is 1.53. The summed E-state index contributed by atoms with van der Waals surface area (Å²) in [6, 6.07) is 12.9. The maximum atomic E-state index is 13.7. The molecule has 2 heterocycles. The Hall–Kier alpha value is -3.85. The lowest BCUT2D eigenvalue weighted by atomic mass is 9.85. The van der Waals surface area contributed by atoms with E-state index in [2.05, 4.69) is 4.98 Å². The Morgan fingerprint density at radius 3 is 2.43 bits per heavy atom. The third kappa shape index (κ3) is 4.35. The molecule has 0 N–H and O–H groups in total. The second kappa shape index (κ2) is 9.79. The zero-order valence-corrected chi connectivity index (χ0v) is 20.5. The number of aryl methyl sites for hydroxylation is 2. The minimum atomic E-state index is -1.27. The van der Waals surface area contributed by atoms with Gasteiger partial charge in [0.15, 0.2) is 10.9 Å². The summed E-state index contributed by atoms with van der Waals surface area (Å²) in [5.41, 5.74) is 1.97. The quantitative estimate of drug-likeness (QED) is 0.212. The van der Waals surface area contributed by atoms with Gasteiger partial charge in [-0.25, -0.2) is 9.78 Å². The molecule has 4 rings (SSSR count). The molecular weight excluding hydrogens is 468 g/mol. The number of methoxy groups -OCH3 is 1. The number of Topliss-reactive ketones (excluding diaryl/α,β-unsaturated/α-hetero) is 2. The van der Waals surface area contributed by atoms with E-state index >= 15 is 0 Å². The maximum Gasteiger partial charge on any atom is 0.350 e. The number of carbonyl (C=O) groups excluding carboxylic acids is 4. The minimum Gasteiger partial charge on any atom is -0.497 e. The standard InChI is InChI=1S/C26H24N2O6S/c1-5-34-25(32)23-15(3)27-26(35-23)28-20(16-9-7-6-8-10-16)19(22(30)24(28)31)21(29)18-12-11-17(33-4)13-14(18)2/h6-13,19-20H,5H2,1-4H3. The first kappa shape index (κ1) is 24.3. The Kier molecular flexibility index (Phi) is 6.79. The van der Waals surface area contributed by atoms with Crippen LogP contribution in [0.2, 0.25) is 0 Å². The van der Waals surface area contributed by atoms with E-state index in [0.29, 0.717) is 28.1 Å². The molecule has 1 amide bonds. The Morgan fingerprint density at radius 1 is 1.09 bits per heavy atom. The van der Waals surface area contributed by atoms with Gasteiger partial charge < -0.3 is 9.47 Å². The van der Waals surface area contributed by atoms with Crippen LogP contribution in [0.3, 0.4) is 0 Å². The third-order valence-electron chi connectivity index (χ3n) is 5.88. The number of carbonyl (C=O) groups is 4. The van der Waals surface area contributed by atoms with Crippen molar-refractivity contribution in [2.75, 3.05) is 18.6 Å². The Balaban J connectivity index is 1.82. The topological polar surface area (TPSA) is 103 Å². The number of benzene rings is 2. The van der Waals surface area contributed by atoms with Crippen LogP contribution >= 0.6 is 11.3 Å². The van der Waals surface area contributed by atoms with Gasteiger partial charge in [-0.2, -0.15) is 0 Å². The van der Waals surface area contributed by atoms with E-state index in [0.717, 1.165) is 11.3 Å². The van der Waals surface area contributed by atoms with Gasteiger partial charge in [0.2, 0.25) is 5.78 Å². The highest BCUT2D eigenvalue weighted by Gasteiger charge is 2.53. The predicted molar refractivity (Wildman–Crippen MR) is 130 cm³/mol. The highest BCUT2D eigenvalue weighted by atomic mass is 32.1. The van der Waals surface area contributed by atoms with Crippen LogP contribution in [0, 0.1) is 19.8 Å². The van der Waals surface area contributed by atoms with Gasteiger partial charge in [-0.3, -0.25) is 19.3 Å². The molecule has 8 nitrogen and oxygen atoms in total.